The first-order chi connectivity index (χ1) is 15.2. The van der Waals surface area contributed by atoms with E-state index in [4.69, 9.17) is 4.74 Å². The topological polar surface area (TPSA) is 56.2 Å². The van der Waals surface area contributed by atoms with Gasteiger partial charge in [0.1, 0.15) is 6.61 Å². The van der Waals surface area contributed by atoms with Crippen LogP contribution in [0.1, 0.15) is 33.7 Å². The number of hydrogen-bond donors (Lipinski definition) is 1. The van der Waals surface area contributed by atoms with Crippen molar-refractivity contribution in [2.75, 3.05) is 6.54 Å². The molecule has 1 aromatic heterocycles. The van der Waals surface area contributed by atoms with Crippen LogP contribution in [-0.4, -0.2) is 22.2 Å². The number of benzene rings is 2. The molecule has 0 atom stereocenters. The molecule has 0 saturated heterocycles. The summed E-state index contributed by atoms with van der Waals surface area (Å²) in [4.78, 5) is 12.3. The lowest BCUT2D eigenvalue weighted by Crippen LogP contribution is -2.25. The molecule has 0 unspecified atom stereocenters. The number of nitrogens with one attached hydrogen (secondary N) is 1. The zero-order valence-corrected chi connectivity index (χ0v) is 18.9. The van der Waals surface area contributed by atoms with E-state index in [1.807, 2.05) is 18.5 Å². The fourth-order valence-electron chi connectivity index (χ4n) is 3.01. The molecule has 1 heterocycles. The van der Waals surface area contributed by atoms with Crippen molar-refractivity contribution >= 4 is 21.8 Å². The third kappa shape index (κ3) is 5.29. The molecule has 1 amide bonds. The maximum Gasteiger partial charge on any atom is 0.251 e. The van der Waals surface area contributed by atoms with Crippen molar-refractivity contribution in [3.05, 3.63) is 80.6 Å². The number of carbonyl (C=O) groups is 1. The minimum atomic E-state index is -1.60. The summed E-state index contributed by atoms with van der Waals surface area (Å²) in [6, 6.07) is 6.19. The molecule has 10 heteroatoms. The smallest absolute Gasteiger partial charge is 0.251 e. The first kappa shape index (κ1) is 23.8. The minimum absolute atomic E-state index is 0.112. The Morgan fingerprint density at radius 1 is 1.09 bits per heavy atom. The van der Waals surface area contributed by atoms with Crippen molar-refractivity contribution in [3.63, 3.8) is 0 Å². The van der Waals surface area contributed by atoms with Crippen LogP contribution in [-0.2, 0) is 13.2 Å². The predicted octanol–water partition coefficient (Wildman–Crippen LogP) is 5.22. The largest absolute Gasteiger partial charge is 0.483 e. The molecule has 5 nitrogen and oxygen atoms in total. The van der Waals surface area contributed by atoms with Crippen molar-refractivity contribution in [2.24, 2.45) is 0 Å². The number of aryl methyl sites for hydroxylation is 2. The van der Waals surface area contributed by atoms with E-state index in [9.17, 15) is 22.4 Å². The Morgan fingerprint density at radius 2 is 1.72 bits per heavy atom. The summed E-state index contributed by atoms with van der Waals surface area (Å²) in [6.45, 7) is 4.64. The Hall–Kier alpha value is -2.88. The van der Waals surface area contributed by atoms with Gasteiger partial charge in [-0.3, -0.25) is 9.48 Å². The van der Waals surface area contributed by atoms with Crippen LogP contribution in [0.15, 0.2) is 34.8 Å². The summed E-state index contributed by atoms with van der Waals surface area (Å²) in [6.07, 6.45) is 0.688. The monoisotopic (exact) mass is 513 g/mol. The minimum Gasteiger partial charge on any atom is -0.483 e. The van der Waals surface area contributed by atoms with Gasteiger partial charge in [0.05, 0.1) is 10.2 Å². The second-order valence-corrected chi connectivity index (χ2v) is 7.89. The van der Waals surface area contributed by atoms with Gasteiger partial charge in [0.25, 0.3) is 5.91 Å². The van der Waals surface area contributed by atoms with Gasteiger partial charge in [0.15, 0.2) is 17.4 Å². The second-order valence-electron chi connectivity index (χ2n) is 7.10. The highest BCUT2D eigenvalue weighted by Crippen LogP contribution is 2.27. The molecule has 0 aliphatic carbocycles. The van der Waals surface area contributed by atoms with Crippen molar-refractivity contribution in [1.82, 2.24) is 15.1 Å². The molecule has 3 rings (SSSR count). The number of halogens is 5. The van der Waals surface area contributed by atoms with Crippen LogP contribution in [0.2, 0.25) is 0 Å². The lowest BCUT2D eigenvalue weighted by atomic mass is 10.1. The number of carbonyl (C=O) groups excluding carboxylic acids is 1. The van der Waals surface area contributed by atoms with E-state index in [1.54, 1.807) is 0 Å². The Balaban J connectivity index is 1.51. The number of ether oxygens (including phenoxy) is 1. The Bertz CT molecular complexity index is 1110. The van der Waals surface area contributed by atoms with E-state index in [0.717, 1.165) is 15.9 Å². The highest BCUT2D eigenvalue weighted by Gasteiger charge is 2.20. The molecule has 0 fully saturated rings. The normalized spacial score (nSPS) is 11.0. The average Bonchev–Trinajstić information content (AvgIpc) is 3.02. The van der Waals surface area contributed by atoms with Gasteiger partial charge < -0.3 is 10.1 Å². The third-order valence-electron chi connectivity index (χ3n) is 4.80. The SMILES string of the molecule is Cc1nn(CCCNC(=O)c2ccc(COc3c(F)c(F)cc(F)c3F)cc2)c(C)c1Br. The summed E-state index contributed by atoms with van der Waals surface area (Å²) in [5.41, 5.74) is 2.77. The van der Waals surface area contributed by atoms with Gasteiger partial charge in [0.2, 0.25) is 11.6 Å². The van der Waals surface area contributed by atoms with Crippen LogP contribution in [0.4, 0.5) is 17.6 Å². The van der Waals surface area contributed by atoms with E-state index in [-0.39, 0.29) is 18.6 Å². The maximum atomic E-state index is 13.6. The molecule has 3 aromatic rings. The van der Waals surface area contributed by atoms with Crippen molar-refractivity contribution in [3.8, 4) is 5.75 Å². The second kappa shape index (κ2) is 10.2. The summed E-state index contributed by atoms with van der Waals surface area (Å²) >= 11 is 3.47. The van der Waals surface area contributed by atoms with Gasteiger partial charge in [-0.25, -0.2) is 8.78 Å². The van der Waals surface area contributed by atoms with Crippen LogP contribution < -0.4 is 10.1 Å². The summed E-state index contributed by atoms with van der Waals surface area (Å²) < 4.78 is 61.5. The van der Waals surface area contributed by atoms with Crippen LogP contribution in [0.3, 0.4) is 0 Å². The van der Waals surface area contributed by atoms with Gasteiger partial charge in [0, 0.05) is 30.4 Å². The van der Waals surface area contributed by atoms with Gasteiger partial charge in [-0.2, -0.15) is 13.9 Å². The molecule has 32 heavy (non-hydrogen) atoms. The fraction of sp³-hybridized carbons (Fsp3) is 0.273. The fourth-order valence-corrected chi connectivity index (χ4v) is 3.30. The summed E-state index contributed by atoms with van der Waals surface area (Å²) in [5.74, 6) is -7.71. The molecule has 1 N–H and O–H groups in total. The van der Waals surface area contributed by atoms with E-state index in [0.29, 0.717) is 30.6 Å². The molecular formula is C22H20BrF4N3O2. The number of aromatic nitrogens is 2. The summed E-state index contributed by atoms with van der Waals surface area (Å²) in [7, 11) is 0. The highest BCUT2D eigenvalue weighted by molar-refractivity contribution is 9.10. The number of hydrogen-bond acceptors (Lipinski definition) is 3. The van der Waals surface area contributed by atoms with Crippen LogP contribution in [0, 0.1) is 37.1 Å². The Kier molecular flexibility index (Phi) is 7.55. The third-order valence-corrected chi connectivity index (χ3v) is 5.94. The molecule has 0 spiro atoms. The highest BCUT2D eigenvalue weighted by atomic mass is 79.9. The lowest BCUT2D eigenvalue weighted by molar-refractivity contribution is 0.0952. The van der Waals surface area contributed by atoms with Crippen molar-refractivity contribution in [2.45, 2.75) is 33.4 Å². The van der Waals surface area contributed by atoms with E-state index < -0.39 is 29.0 Å². The first-order valence-electron chi connectivity index (χ1n) is 9.71. The van der Waals surface area contributed by atoms with E-state index in [2.05, 4.69) is 26.3 Å². The Labute approximate surface area is 190 Å². The molecule has 2 aromatic carbocycles. The van der Waals surface area contributed by atoms with Gasteiger partial charge >= 0.3 is 0 Å². The summed E-state index contributed by atoms with van der Waals surface area (Å²) in [5, 5.41) is 7.22. The molecular weight excluding hydrogens is 494 g/mol. The van der Waals surface area contributed by atoms with Gasteiger partial charge in [-0.1, -0.05) is 12.1 Å². The molecule has 0 aliphatic heterocycles. The van der Waals surface area contributed by atoms with E-state index >= 15 is 0 Å². The quantitative estimate of drug-likeness (QED) is 0.255. The molecule has 170 valence electrons. The molecule has 0 aliphatic rings. The van der Waals surface area contributed by atoms with Gasteiger partial charge in [-0.05, 0) is 53.9 Å². The molecule has 0 saturated carbocycles. The van der Waals surface area contributed by atoms with E-state index in [1.165, 1.54) is 24.3 Å². The van der Waals surface area contributed by atoms with Crippen LogP contribution in [0.5, 0.6) is 5.75 Å². The predicted molar refractivity (Wildman–Crippen MR) is 113 cm³/mol. The van der Waals surface area contributed by atoms with Crippen LogP contribution >= 0.6 is 15.9 Å². The maximum absolute atomic E-state index is 13.6. The first-order valence-corrected chi connectivity index (χ1v) is 10.5. The molecule has 0 radical (unpaired) electrons. The van der Waals surface area contributed by atoms with Crippen molar-refractivity contribution < 1.29 is 27.1 Å². The Morgan fingerprint density at radius 3 is 2.28 bits per heavy atom. The molecule has 0 bridgehead atoms. The van der Waals surface area contributed by atoms with Gasteiger partial charge in [-0.15, -0.1) is 0 Å². The average molecular weight is 514 g/mol. The lowest BCUT2D eigenvalue weighted by Gasteiger charge is -2.10. The number of nitrogens with zero attached hydrogens (tertiary/aromatic N) is 2. The van der Waals surface area contributed by atoms with Crippen LogP contribution in [0.25, 0.3) is 0 Å². The standard InChI is InChI=1S/C22H20BrF4N3O2/c1-12-18(23)13(2)30(29-12)9-3-8-28-22(31)15-6-4-14(5-7-15)11-32-21-19(26)16(24)10-17(25)20(21)27/h4-7,10H,3,8-9,11H2,1-2H3,(H,28,31). The zero-order valence-electron chi connectivity index (χ0n) is 17.3. The van der Waals surface area contributed by atoms with Crippen molar-refractivity contribution in [1.29, 1.82) is 0 Å². The number of rotatable bonds is 8. The zero-order chi connectivity index (χ0) is 23.4. The number of amides is 1.